The van der Waals surface area contributed by atoms with E-state index in [1.807, 2.05) is 0 Å². The summed E-state index contributed by atoms with van der Waals surface area (Å²) in [4.78, 5) is 30.2. The van der Waals surface area contributed by atoms with Gasteiger partial charge in [0.1, 0.15) is 13.2 Å². The summed E-state index contributed by atoms with van der Waals surface area (Å²) in [6.45, 7) is 5.02. The van der Waals surface area contributed by atoms with Crippen LogP contribution in [0, 0.1) is 0 Å². The summed E-state index contributed by atoms with van der Waals surface area (Å²) in [5, 5.41) is 0. The van der Waals surface area contributed by atoms with Crippen molar-refractivity contribution in [1.82, 2.24) is 9.88 Å². The molecule has 0 fully saturated rings. The van der Waals surface area contributed by atoms with Crippen LogP contribution < -0.4 is 0 Å². The van der Waals surface area contributed by atoms with Gasteiger partial charge in [-0.1, -0.05) is 19.4 Å². The highest BCUT2D eigenvalue weighted by atomic mass is 16.5. The van der Waals surface area contributed by atoms with Crippen LogP contribution in [0.15, 0.2) is 18.2 Å². The Labute approximate surface area is 136 Å². The molecular weight excluding hydrogens is 296 g/mol. The molecule has 0 N–H and O–H groups in total. The van der Waals surface area contributed by atoms with Gasteiger partial charge in [0.25, 0.3) is 0 Å². The minimum absolute atomic E-state index is 0.123. The highest BCUT2D eigenvalue weighted by Gasteiger charge is 2.13. The molecule has 0 amide bonds. The third kappa shape index (κ3) is 6.36. The van der Waals surface area contributed by atoms with Crippen molar-refractivity contribution < 1.29 is 19.1 Å². The molecule has 2 rings (SSSR count). The van der Waals surface area contributed by atoms with E-state index in [1.54, 1.807) is 18.2 Å². The molecule has 2 bridgehead atoms. The molecule has 0 atom stereocenters. The first-order valence-corrected chi connectivity index (χ1v) is 8.16. The smallest absolute Gasteiger partial charge is 0.311 e. The third-order valence-electron chi connectivity index (χ3n) is 3.68. The lowest BCUT2D eigenvalue weighted by Crippen LogP contribution is -2.33. The predicted octanol–water partition coefficient (Wildman–Crippen LogP) is 1.37. The van der Waals surface area contributed by atoms with Gasteiger partial charge < -0.3 is 9.47 Å². The Balaban J connectivity index is 2.02. The quantitative estimate of drug-likeness (QED) is 0.784. The third-order valence-corrected chi connectivity index (χ3v) is 3.68. The van der Waals surface area contributed by atoms with Crippen LogP contribution in [0.4, 0.5) is 0 Å². The number of pyridine rings is 1. The second-order valence-corrected chi connectivity index (χ2v) is 5.61. The molecule has 1 aromatic heterocycles. The molecule has 0 saturated heterocycles. The van der Waals surface area contributed by atoms with Crippen LogP contribution >= 0.6 is 0 Å². The molecule has 0 saturated carbocycles. The predicted molar refractivity (Wildman–Crippen MR) is 84.9 cm³/mol. The highest BCUT2D eigenvalue weighted by Crippen LogP contribution is 2.05. The van der Waals surface area contributed by atoms with E-state index in [0.717, 1.165) is 19.4 Å². The van der Waals surface area contributed by atoms with Gasteiger partial charge in [-0.05, 0) is 25.1 Å². The molecule has 0 radical (unpaired) electrons. The molecule has 0 aliphatic carbocycles. The van der Waals surface area contributed by atoms with E-state index in [0.29, 0.717) is 37.7 Å². The second kappa shape index (κ2) is 9.25. The first-order chi connectivity index (χ1) is 11.2. The SMILES string of the molecule is CCCCN1CCOC(=O)Cc2cccc(n2)CC(=O)OCC1. The molecule has 0 aromatic carbocycles. The zero-order valence-corrected chi connectivity index (χ0v) is 13.6. The largest absolute Gasteiger partial charge is 0.464 e. The fraction of sp³-hybridized carbons (Fsp3) is 0.588. The van der Waals surface area contributed by atoms with Crippen molar-refractivity contribution in [2.75, 3.05) is 32.8 Å². The van der Waals surface area contributed by atoms with Gasteiger partial charge in [-0.15, -0.1) is 0 Å². The van der Waals surface area contributed by atoms with E-state index >= 15 is 0 Å². The molecule has 6 nitrogen and oxygen atoms in total. The van der Waals surface area contributed by atoms with Crippen LogP contribution in [-0.2, 0) is 31.9 Å². The molecule has 2 heterocycles. The minimum Gasteiger partial charge on any atom is -0.464 e. The number of hydrogen-bond donors (Lipinski definition) is 0. The van der Waals surface area contributed by atoms with Crippen LogP contribution in [0.1, 0.15) is 31.2 Å². The number of cyclic esters (lactones) is 2. The molecule has 0 spiro atoms. The van der Waals surface area contributed by atoms with Crippen LogP contribution in [0.5, 0.6) is 0 Å². The Morgan fingerprint density at radius 3 is 2.13 bits per heavy atom. The van der Waals surface area contributed by atoms with E-state index in [2.05, 4.69) is 16.8 Å². The zero-order chi connectivity index (χ0) is 16.5. The lowest BCUT2D eigenvalue weighted by atomic mass is 10.2. The molecule has 126 valence electrons. The molecule has 0 unspecified atom stereocenters. The van der Waals surface area contributed by atoms with E-state index < -0.39 is 0 Å². The topological polar surface area (TPSA) is 68.7 Å². The normalized spacial score (nSPS) is 18.0. The van der Waals surface area contributed by atoms with Gasteiger partial charge in [0.05, 0.1) is 24.2 Å². The molecule has 23 heavy (non-hydrogen) atoms. The van der Waals surface area contributed by atoms with Crippen molar-refractivity contribution in [3.63, 3.8) is 0 Å². The fourth-order valence-corrected chi connectivity index (χ4v) is 2.42. The summed E-state index contributed by atoms with van der Waals surface area (Å²) in [6.07, 6.45) is 2.41. The second-order valence-electron chi connectivity index (χ2n) is 5.61. The highest BCUT2D eigenvalue weighted by molar-refractivity contribution is 5.73. The van der Waals surface area contributed by atoms with Crippen molar-refractivity contribution in [2.24, 2.45) is 0 Å². The number of ether oxygens (including phenoxy) is 2. The summed E-state index contributed by atoms with van der Waals surface area (Å²) in [5.41, 5.74) is 1.22. The minimum atomic E-state index is -0.287. The van der Waals surface area contributed by atoms with E-state index in [9.17, 15) is 9.59 Å². The summed E-state index contributed by atoms with van der Waals surface area (Å²) in [7, 11) is 0. The Morgan fingerprint density at radius 1 is 1.04 bits per heavy atom. The van der Waals surface area contributed by atoms with Gasteiger partial charge in [0.15, 0.2) is 0 Å². The molecule has 1 aromatic rings. The summed E-state index contributed by atoms with van der Waals surface area (Å²) >= 11 is 0. The first kappa shape index (κ1) is 17.4. The van der Waals surface area contributed by atoms with Gasteiger partial charge in [-0.25, -0.2) is 0 Å². The maximum Gasteiger partial charge on any atom is 0.311 e. The van der Waals surface area contributed by atoms with Crippen molar-refractivity contribution in [1.29, 1.82) is 0 Å². The number of aromatic nitrogens is 1. The summed E-state index contributed by atoms with van der Waals surface area (Å²) < 4.78 is 10.6. The summed E-state index contributed by atoms with van der Waals surface area (Å²) in [5.74, 6) is -0.575. The average molecular weight is 320 g/mol. The van der Waals surface area contributed by atoms with E-state index in [-0.39, 0.29) is 24.8 Å². The van der Waals surface area contributed by atoms with Gasteiger partial charge >= 0.3 is 11.9 Å². The van der Waals surface area contributed by atoms with Crippen LogP contribution in [0.25, 0.3) is 0 Å². The first-order valence-electron chi connectivity index (χ1n) is 8.16. The van der Waals surface area contributed by atoms with Crippen molar-refractivity contribution in [3.05, 3.63) is 29.6 Å². The number of unbranched alkanes of at least 4 members (excludes halogenated alkanes) is 1. The van der Waals surface area contributed by atoms with Crippen LogP contribution in [0.3, 0.4) is 0 Å². The lowest BCUT2D eigenvalue weighted by Gasteiger charge is -2.22. The molecular formula is C17H24N2O4. The lowest BCUT2D eigenvalue weighted by molar-refractivity contribution is -0.143. The Kier molecular flexibility index (Phi) is 7.00. The molecule has 6 heteroatoms. The summed E-state index contributed by atoms with van der Waals surface area (Å²) in [6, 6.07) is 5.31. The maximum absolute atomic E-state index is 11.9. The number of fused-ring (bicyclic) bond motifs is 2. The Morgan fingerprint density at radius 2 is 1.61 bits per heavy atom. The number of carbonyl (C=O) groups excluding carboxylic acids is 2. The van der Waals surface area contributed by atoms with Crippen molar-refractivity contribution in [3.8, 4) is 0 Å². The van der Waals surface area contributed by atoms with E-state index in [1.165, 1.54) is 0 Å². The standard InChI is InChI=1S/C17H24N2O4/c1-2-3-7-19-8-10-22-16(20)12-14-5-4-6-15(18-14)13-17(21)23-11-9-19/h4-6H,2-3,7-13H2,1H3. The fourth-order valence-electron chi connectivity index (χ4n) is 2.42. The van der Waals surface area contributed by atoms with Crippen LogP contribution in [-0.4, -0.2) is 54.7 Å². The van der Waals surface area contributed by atoms with Crippen LogP contribution in [0.2, 0.25) is 0 Å². The Hall–Kier alpha value is -1.95. The number of nitrogens with zero attached hydrogens (tertiary/aromatic N) is 2. The number of esters is 2. The monoisotopic (exact) mass is 320 g/mol. The molecule has 1 aliphatic rings. The van der Waals surface area contributed by atoms with Gasteiger partial charge in [-0.3, -0.25) is 19.5 Å². The van der Waals surface area contributed by atoms with Crippen molar-refractivity contribution in [2.45, 2.75) is 32.6 Å². The number of carbonyl (C=O) groups is 2. The van der Waals surface area contributed by atoms with Gasteiger partial charge in [0.2, 0.25) is 0 Å². The molecule has 1 aliphatic heterocycles. The van der Waals surface area contributed by atoms with Gasteiger partial charge in [0, 0.05) is 13.1 Å². The van der Waals surface area contributed by atoms with E-state index in [4.69, 9.17) is 9.47 Å². The maximum atomic E-state index is 11.9. The van der Waals surface area contributed by atoms with Crippen molar-refractivity contribution >= 4 is 11.9 Å². The van der Waals surface area contributed by atoms with Gasteiger partial charge in [-0.2, -0.15) is 0 Å². The zero-order valence-electron chi connectivity index (χ0n) is 13.6. The number of hydrogen-bond acceptors (Lipinski definition) is 6. The number of rotatable bonds is 3. The average Bonchev–Trinajstić information content (AvgIpc) is 2.51. The Bertz CT molecular complexity index is 494.